The first kappa shape index (κ1) is 16.0. The number of piperidine rings is 1. The lowest BCUT2D eigenvalue weighted by molar-refractivity contribution is -0.143. The van der Waals surface area contributed by atoms with E-state index in [1.165, 1.54) is 37.7 Å². The van der Waals surface area contributed by atoms with E-state index in [4.69, 9.17) is 5.11 Å². The van der Waals surface area contributed by atoms with Gasteiger partial charge in [0, 0.05) is 18.7 Å². The van der Waals surface area contributed by atoms with Crippen LogP contribution in [0.3, 0.4) is 0 Å². The molecule has 2 fully saturated rings. The van der Waals surface area contributed by atoms with Gasteiger partial charge in [0.2, 0.25) is 0 Å². The Kier molecular flexibility index (Phi) is 4.99. The molecule has 0 spiro atoms. The van der Waals surface area contributed by atoms with Gasteiger partial charge in [-0.25, -0.2) is 0 Å². The molecule has 1 saturated carbocycles. The summed E-state index contributed by atoms with van der Waals surface area (Å²) in [5, 5.41) is 9.15. The van der Waals surface area contributed by atoms with Gasteiger partial charge in [0.15, 0.2) is 0 Å². The highest BCUT2D eigenvalue weighted by atomic mass is 16.4. The Hall–Kier alpha value is -1.84. The molecule has 1 aliphatic carbocycles. The van der Waals surface area contributed by atoms with Gasteiger partial charge in [0.1, 0.15) is 0 Å². The number of nitrogens with zero attached hydrogens (tertiary/aromatic N) is 1. The molecule has 124 valence electrons. The molecule has 0 unspecified atom stereocenters. The summed E-state index contributed by atoms with van der Waals surface area (Å²) in [4.78, 5) is 25.4. The molecule has 1 atom stereocenters. The predicted octanol–water partition coefficient (Wildman–Crippen LogP) is 3.67. The van der Waals surface area contributed by atoms with Crippen LogP contribution >= 0.6 is 0 Å². The van der Waals surface area contributed by atoms with Gasteiger partial charge in [-0.2, -0.15) is 0 Å². The molecule has 0 radical (unpaired) electrons. The summed E-state index contributed by atoms with van der Waals surface area (Å²) in [7, 11) is 0. The molecular weight excluding hydrogens is 290 g/mol. The SMILES string of the molecule is O=C(O)[C@H]1CCCN(C(=O)c2ccc(C3CCCCC3)cc2)C1. The third-order valence-electron chi connectivity index (χ3n) is 5.29. The van der Waals surface area contributed by atoms with Gasteiger partial charge < -0.3 is 10.0 Å². The minimum atomic E-state index is -0.796. The average Bonchev–Trinajstić information content (AvgIpc) is 2.62. The second-order valence-electron chi connectivity index (χ2n) is 6.89. The summed E-state index contributed by atoms with van der Waals surface area (Å²) in [6.45, 7) is 0.992. The Balaban J connectivity index is 1.66. The smallest absolute Gasteiger partial charge is 0.308 e. The Labute approximate surface area is 137 Å². The van der Waals surface area contributed by atoms with E-state index in [9.17, 15) is 9.59 Å². The molecule has 0 bridgehead atoms. The van der Waals surface area contributed by atoms with Crippen molar-refractivity contribution in [3.8, 4) is 0 Å². The second kappa shape index (κ2) is 7.16. The molecular formula is C19H25NO3. The maximum absolute atomic E-state index is 12.6. The highest BCUT2D eigenvalue weighted by Gasteiger charge is 2.28. The molecule has 0 aromatic heterocycles. The van der Waals surface area contributed by atoms with Crippen LogP contribution in [0, 0.1) is 5.92 Å². The summed E-state index contributed by atoms with van der Waals surface area (Å²) >= 11 is 0. The van der Waals surface area contributed by atoms with Crippen LogP contribution in [-0.2, 0) is 4.79 Å². The summed E-state index contributed by atoms with van der Waals surface area (Å²) in [6, 6.07) is 8.00. The molecule has 4 nitrogen and oxygen atoms in total. The van der Waals surface area contributed by atoms with Gasteiger partial charge in [0.05, 0.1) is 5.92 Å². The second-order valence-corrected chi connectivity index (χ2v) is 6.89. The minimum Gasteiger partial charge on any atom is -0.481 e. The molecule has 1 aliphatic heterocycles. The number of aliphatic carboxylic acids is 1. The molecule has 3 rings (SSSR count). The topological polar surface area (TPSA) is 57.6 Å². The number of benzene rings is 1. The van der Waals surface area contributed by atoms with Gasteiger partial charge in [-0.3, -0.25) is 9.59 Å². The number of carboxylic acid groups (broad SMARTS) is 1. The van der Waals surface area contributed by atoms with Gasteiger partial charge in [-0.05, 0) is 49.3 Å². The van der Waals surface area contributed by atoms with Crippen LogP contribution in [0.2, 0.25) is 0 Å². The Bertz CT molecular complexity index is 560. The van der Waals surface area contributed by atoms with Crippen molar-refractivity contribution in [3.05, 3.63) is 35.4 Å². The van der Waals surface area contributed by atoms with E-state index >= 15 is 0 Å². The summed E-state index contributed by atoms with van der Waals surface area (Å²) < 4.78 is 0. The number of rotatable bonds is 3. The lowest BCUT2D eigenvalue weighted by Crippen LogP contribution is -2.42. The number of hydrogen-bond acceptors (Lipinski definition) is 2. The normalized spacial score (nSPS) is 22.8. The number of carbonyl (C=O) groups is 2. The van der Waals surface area contributed by atoms with E-state index < -0.39 is 11.9 Å². The molecule has 23 heavy (non-hydrogen) atoms. The summed E-state index contributed by atoms with van der Waals surface area (Å²) in [5.74, 6) is -0.616. The fraction of sp³-hybridized carbons (Fsp3) is 0.579. The van der Waals surface area contributed by atoms with Crippen molar-refractivity contribution < 1.29 is 14.7 Å². The minimum absolute atomic E-state index is 0.0360. The Morgan fingerprint density at radius 3 is 2.30 bits per heavy atom. The standard InChI is InChI=1S/C19H25NO3/c21-18(20-12-4-7-17(13-20)19(22)23)16-10-8-15(9-11-16)14-5-2-1-3-6-14/h8-11,14,17H,1-7,12-13H2,(H,22,23)/t17-/m0/s1. The van der Waals surface area contributed by atoms with Crippen molar-refractivity contribution in [2.75, 3.05) is 13.1 Å². The van der Waals surface area contributed by atoms with E-state index in [0.717, 1.165) is 6.42 Å². The first-order valence-electron chi connectivity index (χ1n) is 8.77. The van der Waals surface area contributed by atoms with Crippen LogP contribution in [0.1, 0.15) is 66.8 Å². The van der Waals surface area contributed by atoms with Crippen molar-refractivity contribution in [2.45, 2.75) is 50.9 Å². The first-order valence-corrected chi connectivity index (χ1v) is 8.77. The summed E-state index contributed by atoms with van der Waals surface area (Å²) in [5.41, 5.74) is 2.01. The molecule has 4 heteroatoms. The Morgan fingerprint density at radius 2 is 1.65 bits per heavy atom. The highest BCUT2D eigenvalue weighted by Crippen LogP contribution is 2.32. The van der Waals surface area contributed by atoms with Crippen molar-refractivity contribution >= 4 is 11.9 Å². The molecule has 1 aromatic rings. The zero-order chi connectivity index (χ0) is 16.2. The zero-order valence-corrected chi connectivity index (χ0v) is 13.5. The number of amides is 1. The van der Waals surface area contributed by atoms with Gasteiger partial charge >= 0.3 is 5.97 Å². The van der Waals surface area contributed by atoms with E-state index in [0.29, 0.717) is 31.0 Å². The number of carboxylic acids is 1. The van der Waals surface area contributed by atoms with E-state index in [2.05, 4.69) is 12.1 Å². The lowest BCUT2D eigenvalue weighted by atomic mass is 9.84. The lowest BCUT2D eigenvalue weighted by Gasteiger charge is -2.31. The summed E-state index contributed by atoms with van der Waals surface area (Å²) in [6.07, 6.45) is 7.88. The van der Waals surface area contributed by atoms with Gasteiger partial charge in [0.25, 0.3) is 5.91 Å². The average molecular weight is 315 g/mol. The number of hydrogen-bond donors (Lipinski definition) is 1. The van der Waals surface area contributed by atoms with E-state index in [1.54, 1.807) is 4.90 Å². The van der Waals surface area contributed by atoms with Gasteiger partial charge in [-0.1, -0.05) is 31.4 Å². The predicted molar refractivity (Wildman–Crippen MR) is 88.5 cm³/mol. The molecule has 1 saturated heterocycles. The fourth-order valence-corrected chi connectivity index (χ4v) is 3.88. The zero-order valence-electron chi connectivity index (χ0n) is 13.5. The largest absolute Gasteiger partial charge is 0.481 e. The van der Waals surface area contributed by atoms with Crippen LogP contribution in [0.4, 0.5) is 0 Å². The molecule has 1 amide bonds. The molecule has 1 aromatic carbocycles. The molecule has 1 heterocycles. The van der Waals surface area contributed by atoms with Crippen LogP contribution in [0.15, 0.2) is 24.3 Å². The maximum Gasteiger partial charge on any atom is 0.308 e. The quantitative estimate of drug-likeness (QED) is 0.926. The highest BCUT2D eigenvalue weighted by molar-refractivity contribution is 5.94. The van der Waals surface area contributed by atoms with Crippen LogP contribution in [0.5, 0.6) is 0 Å². The first-order chi connectivity index (χ1) is 11.1. The number of likely N-dealkylation sites (tertiary alicyclic amines) is 1. The van der Waals surface area contributed by atoms with Crippen molar-refractivity contribution in [1.82, 2.24) is 4.90 Å². The van der Waals surface area contributed by atoms with Crippen LogP contribution in [0.25, 0.3) is 0 Å². The monoisotopic (exact) mass is 315 g/mol. The molecule has 1 N–H and O–H groups in total. The molecule has 2 aliphatic rings. The third-order valence-corrected chi connectivity index (χ3v) is 5.29. The maximum atomic E-state index is 12.6. The van der Waals surface area contributed by atoms with Crippen LogP contribution in [-0.4, -0.2) is 35.0 Å². The fourth-order valence-electron chi connectivity index (χ4n) is 3.88. The van der Waals surface area contributed by atoms with Gasteiger partial charge in [-0.15, -0.1) is 0 Å². The third kappa shape index (κ3) is 3.74. The van der Waals surface area contributed by atoms with E-state index in [-0.39, 0.29) is 5.91 Å². The Morgan fingerprint density at radius 1 is 0.957 bits per heavy atom. The number of carbonyl (C=O) groups excluding carboxylic acids is 1. The van der Waals surface area contributed by atoms with Crippen molar-refractivity contribution in [3.63, 3.8) is 0 Å². The van der Waals surface area contributed by atoms with E-state index in [1.807, 2.05) is 12.1 Å². The van der Waals surface area contributed by atoms with Crippen molar-refractivity contribution in [1.29, 1.82) is 0 Å². The van der Waals surface area contributed by atoms with Crippen molar-refractivity contribution in [2.24, 2.45) is 5.92 Å². The van der Waals surface area contributed by atoms with Crippen LogP contribution < -0.4 is 0 Å².